The quantitative estimate of drug-likeness (QED) is 0.405. The maximum Gasteiger partial charge on any atom is 1.00 e. The van der Waals surface area contributed by atoms with Gasteiger partial charge in [0.2, 0.25) is 15.5 Å². The summed E-state index contributed by atoms with van der Waals surface area (Å²) in [6.07, 6.45) is 6.31. The van der Waals surface area contributed by atoms with Crippen molar-refractivity contribution in [1.29, 1.82) is 0 Å². The van der Waals surface area contributed by atoms with Crippen LogP contribution in [0.1, 0.15) is 0 Å². The van der Waals surface area contributed by atoms with Crippen molar-refractivity contribution in [2.24, 2.45) is 0 Å². The molecule has 0 saturated carbocycles. The van der Waals surface area contributed by atoms with E-state index >= 15 is 0 Å². The summed E-state index contributed by atoms with van der Waals surface area (Å²) in [6, 6.07) is 0. The minimum atomic E-state index is -4.78. The van der Waals surface area contributed by atoms with Gasteiger partial charge in [0.15, 0.2) is 0 Å². The van der Waals surface area contributed by atoms with Crippen LogP contribution in [0.25, 0.3) is 0 Å². The van der Waals surface area contributed by atoms with E-state index in [4.69, 9.17) is 0 Å². The molecule has 2 aromatic heterocycles. The summed E-state index contributed by atoms with van der Waals surface area (Å²) in [4.78, 5) is 30.0. The van der Waals surface area contributed by atoms with Crippen LogP contribution in [0, 0.1) is 0 Å². The van der Waals surface area contributed by atoms with E-state index < -0.39 is 15.5 Å². The third-order valence-corrected chi connectivity index (χ3v) is 5.01. The Morgan fingerprint density at radius 3 is 1.53 bits per heavy atom. The summed E-state index contributed by atoms with van der Waals surface area (Å²) in [5.41, 5.74) is 0. The van der Waals surface area contributed by atoms with Crippen molar-refractivity contribution >= 4 is 15.5 Å². The summed E-state index contributed by atoms with van der Waals surface area (Å²) in [5.74, 6) is 0. The molecular weight excluding hydrogens is 316 g/mol. The smallest absolute Gasteiger partial charge is 0.761 e. The molecule has 2 rings (SSSR count). The van der Waals surface area contributed by atoms with Gasteiger partial charge in [0.1, 0.15) is 12.7 Å². The Balaban J connectivity index is 0.00000162. The molecule has 2 unspecified atom stereocenters. The van der Waals surface area contributed by atoms with Crippen molar-refractivity contribution in [2.45, 2.75) is 0 Å². The normalized spacial score (nSPS) is 16.5. The first-order valence-electron chi connectivity index (χ1n) is 4.23. The van der Waals surface area contributed by atoms with Crippen LogP contribution in [0.4, 0.5) is 0 Å². The van der Waals surface area contributed by atoms with Crippen molar-refractivity contribution in [1.82, 2.24) is 18.6 Å². The Morgan fingerprint density at radius 2 is 1.26 bits per heavy atom. The van der Waals surface area contributed by atoms with Crippen LogP contribution in [0.2, 0.25) is 0 Å². The number of nitrogens with zero attached hydrogens (tertiary/aromatic N) is 4. The fraction of sp³-hybridized carbons (Fsp3) is 0. The Bertz CT molecular complexity index is 537. The second-order valence-corrected chi connectivity index (χ2v) is 6.36. The molecule has 0 fully saturated rings. The first-order valence-corrected chi connectivity index (χ1v) is 7.22. The molecule has 0 amide bonds. The summed E-state index contributed by atoms with van der Waals surface area (Å²) in [7, 11) is -9.56. The fourth-order valence-corrected chi connectivity index (χ4v) is 3.54. The summed E-state index contributed by atoms with van der Waals surface area (Å²) in [5, 5.41) is 0. The fourth-order valence-electron chi connectivity index (χ4n) is 1.01. The Labute approximate surface area is 152 Å². The molecule has 0 saturated heterocycles. The van der Waals surface area contributed by atoms with Crippen LogP contribution < -0.4 is 68.9 Å². The van der Waals surface area contributed by atoms with Gasteiger partial charge in [-0.2, -0.15) is 0 Å². The SMILES string of the molecule is O=P([O-])(OP(=O)([O-])n1ccnc1)n1ccnc1.[Na+].[Na+]. The van der Waals surface area contributed by atoms with Gasteiger partial charge in [0.05, 0.1) is 0 Å². The summed E-state index contributed by atoms with van der Waals surface area (Å²) < 4.78 is 28.3. The van der Waals surface area contributed by atoms with Gasteiger partial charge in [-0.15, -0.1) is 0 Å². The Morgan fingerprint density at radius 1 is 0.895 bits per heavy atom. The Kier molecular flexibility index (Phi) is 7.99. The maximum atomic E-state index is 11.5. The summed E-state index contributed by atoms with van der Waals surface area (Å²) >= 11 is 0. The van der Waals surface area contributed by atoms with Gasteiger partial charge < -0.3 is 9.79 Å². The van der Waals surface area contributed by atoms with Gasteiger partial charge in [-0.25, -0.2) is 9.97 Å². The van der Waals surface area contributed by atoms with E-state index in [0.717, 1.165) is 25.0 Å². The van der Waals surface area contributed by atoms with Crippen molar-refractivity contribution in [3.63, 3.8) is 0 Å². The molecule has 0 N–H and O–H groups in total. The molecular formula is C6H6N4Na2O5P2. The van der Waals surface area contributed by atoms with E-state index in [2.05, 4.69) is 14.3 Å². The average molecular weight is 322 g/mol. The second-order valence-electron chi connectivity index (χ2n) is 2.90. The van der Waals surface area contributed by atoms with E-state index in [1.54, 1.807) is 0 Å². The number of aromatic nitrogens is 4. The van der Waals surface area contributed by atoms with Crippen LogP contribution in [0.3, 0.4) is 0 Å². The zero-order chi connectivity index (χ0) is 12.5. The predicted molar refractivity (Wildman–Crippen MR) is 51.5 cm³/mol. The third-order valence-electron chi connectivity index (χ3n) is 1.75. The number of imidazole rings is 2. The van der Waals surface area contributed by atoms with E-state index in [0.29, 0.717) is 8.68 Å². The molecule has 0 spiro atoms. The number of rotatable bonds is 4. The molecule has 0 aromatic carbocycles. The zero-order valence-electron chi connectivity index (χ0n) is 10.2. The number of hydrogen-bond acceptors (Lipinski definition) is 7. The molecule has 9 nitrogen and oxygen atoms in total. The van der Waals surface area contributed by atoms with E-state index in [9.17, 15) is 18.9 Å². The molecule has 13 heteroatoms. The molecule has 2 aromatic rings. The molecule has 0 aliphatic carbocycles. The first-order chi connectivity index (χ1) is 7.92. The third kappa shape index (κ3) is 4.91. The maximum absolute atomic E-state index is 11.5. The molecule has 19 heavy (non-hydrogen) atoms. The van der Waals surface area contributed by atoms with Crippen molar-refractivity contribution < 1.29 is 82.3 Å². The van der Waals surface area contributed by atoms with Gasteiger partial charge in [0, 0.05) is 24.8 Å². The molecule has 2 atom stereocenters. The zero-order valence-corrected chi connectivity index (χ0v) is 16.0. The van der Waals surface area contributed by atoms with E-state index in [1.807, 2.05) is 0 Å². The van der Waals surface area contributed by atoms with Crippen LogP contribution >= 0.6 is 15.5 Å². The topological polar surface area (TPSA) is 125 Å². The minimum absolute atomic E-state index is 0. The van der Waals surface area contributed by atoms with Crippen LogP contribution in [-0.2, 0) is 13.4 Å². The molecule has 2 heterocycles. The largest absolute Gasteiger partial charge is 1.00 e. The van der Waals surface area contributed by atoms with Gasteiger partial charge in [-0.05, 0) is 0 Å². The van der Waals surface area contributed by atoms with E-state index in [-0.39, 0.29) is 59.1 Å². The summed E-state index contributed by atoms with van der Waals surface area (Å²) in [6.45, 7) is 0. The molecule has 0 radical (unpaired) electrons. The van der Waals surface area contributed by atoms with E-state index in [1.165, 1.54) is 12.4 Å². The van der Waals surface area contributed by atoms with Gasteiger partial charge >= 0.3 is 59.1 Å². The Hall–Kier alpha value is 0.760. The second kappa shape index (κ2) is 7.68. The van der Waals surface area contributed by atoms with Crippen LogP contribution in [0.5, 0.6) is 0 Å². The van der Waals surface area contributed by atoms with Crippen molar-refractivity contribution in [2.75, 3.05) is 0 Å². The molecule has 0 aliphatic heterocycles. The van der Waals surface area contributed by atoms with Gasteiger partial charge in [-0.3, -0.25) is 22.1 Å². The van der Waals surface area contributed by atoms with Gasteiger partial charge in [0.25, 0.3) is 0 Å². The standard InChI is InChI=1S/C6H8N4O5P2.2Na/c11-16(12,9-3-1-7-5-9)15-17(13,14)10-4-2-8-6-10;;/h1-6H,(H,11,12)(H,13,14);;/q;2*+1/p-2. The van der Waals surface area contributed by atoms with Crippen molar-refractivity contribution in [3.8, 4) is 0 Å². The predicted octanol–water partition coefficient (Wildman–Crippen LogP) is -6.56. The van der Waals surface area contributed by atoms with Crippen LogP contribution in [-0.4, -0.2) is 18.6 Å². The van der Waals surface area contributed by atoms with Crippen LogP contribution in [0.15, 0.2) is 37.4 Å². The van der Waals surface area contributed by atoms with Crippen molar-refractivity contribution in [3.05, 3.63) is 37.4 Å². The monoisotopic (exact) mass is 322 g/mol. The average Bonchev–Trinajstić information content (AvgIpc) is 2.91. The minimum Gasteiger partial charge on any atom is -0.761 e. The molecule has 0 bridgehead atoms. The molecule has 92 valence electrons. The first kappa shape index (κ1) is 19.8. The number of hydrogen-bond donors (Lipinski definition) is 0. The molecule has 0 aliphatic rings. The van der Waals surface area contributed by atoms with Gasteiger partial charge in [-0.1, -0.05) is 0 Å².